The van der Waals surface area contributed by atoms with E-state index in [0.29, 0.717) is 17.8 Å². The van der Waals surface area contributed by atoms with Crippen molar-refractivity contribution in [2.75, 3.05) is 10.6 Å². The third-order valence-corrected chi connectivity index (χ3v) is 4.93. The number of anilines is 2. The fraction of sp³-hybridized carbons (Fsp3) is 0.381. The molecule has 0 radical (unpaired) electrons. The zero-order valence-electron chi connectivity index (χ0n) is 15.6. The standard InChI is InChI=1S/C21H25N5O/c1-15-24-21(27-26-15)17-12-19(22-13-16-8-4-2-5-9-16)20(23-14-17)25-18-10-6-3-7-11-18/h2,4-5,8-9,12,14,18,22H,3,6-7,10-11,13H2,1H3,(H,23,25). The highest BCUT2D eigenvalue weighted by Gasteiger charge is 2.17. The molecule has 6 nitrogen and oxygen atoms in total. The molecule has 2 aromatic heterocycles. The van der Waals surface area contributed by atoms with E-state index in [1.807, 2.05) is 31.2 Å². The highest BCUT2D eigenvalue weighted by Crippen LogP contribution is 2.29. The number of hydrogen-bond acceptors (Lipinski definition) is 6. The van der Waals surface area contributed by atoms with Gasteiger partial charge in [-0.3, -0.25) is 0 Å². The van der Waals surface area contributed by atoms with E-state index < -0.39 is 0 Å². The molecule has 0 unspecified atom stereocenters. The normalized spacial score (nSPS) is 14.9. The molecular formula is C21H25N5O. The van der Waals surface area contributed by atoms with Crippen molar-refractivity contribution in [2.45, 2.75) is 51.6 Å². The van der Waals surface area contributed by atoms with Crippen LogP contribution in [0, 0.1) is 6.92 Å². The van der Waals surface area contributed by atoms with Crippen LogP contribution >= 0.6 is 0 Å². The van der Waals surface area contributed by atoms with E-state index in [0.717, 1.165) is 23.6 Å². The number of hydrogen-bond donors (Lipinski definition) is 2. The topological polar surface area (TPSA) is 75.9 Å². The van der Waals surface area contributed by atoms with Gasteiger partial charge < -0.3 is 15.2 Å². The van der Waals surface area contributed by atoms with Gasteiger partial charge in [0.25, 0.3) is 5.89 Å². The summed E-state index contributed by atoms with van der Waals surface area (Å²) in [5.74, 6) is 2.00. The van der Waals surface area contributed by atoms with Gasteiger partial charge in [-0.05, 0) is 31.4 Å². The molecule has 1 aromatic carbocycles. The summed E-state index contributed by atoms with van der Waals surface area (Å²) in [6.45, 7) is 2.54. The van der Waals surface area contributed by atoms with Crippen molar-refractivity contribution in [3.63, 3.8) is 0 Å². The monoisotopic (exact) mass is 363 g/mol. The van der Waals surface area contributed by atoms with Gasteiger partial charge in [-0.2, -0.15) is 4.98 Å². The quantitative estimate of drug-likeness (QED) is 0.655. The van der Waals surface area contributed by atoms with Crippen molar-refractivity contribution in [3.8, 4) is 11.5 Å². The van der Waals surface area contributed by atoms with Crippen molar-refractivity contribution >= 4 is 11.5 Å². The Labute approximate surface area is 159 Å². The van der Waals surface area contributed by atoms with Crippen LogP contribution in [0.4, 0.5) is 11.5 Å². The van der Waals surface area contributed by atoms with Crippen molar-refractivity contribution in [2.24, 2.45) is 0 Å². The number of nitrogens with zero attached hydrogens (tertiary/aromatic N) is 3. The van der Waals surface area contributed by atoms with Crippen molar-refractivity contribution in [3.05, 3.63) is 54.0 Å². The molecule has 1 aliphatic rings. The molecule has 4 rings (SSSR count). The maximum atomic E-state index is 5.31. The van der Waals surface area contributed by atoms with Crippen LogP contribution < -0.4 is 10.6 Å². The number of benzene rings is 1. The van der Waals surface area contributed by atoms with E-state index in [1.54, 1.807) is 6.20 Å². The molecule has 27 heavy (non-hydrogen) atoms. The molecule has 140 valence electrons. The third kappa shape index (κ3) is 4.45. The average molecular weight is 363 g/mol. The zero-order chi connectivity index (χ0) is 18.5. The molecule has 0 amide bonds. The molecule has 2 N–H and O–H groups in total. The number of aromatic nitrogens is 3. The van der Waals surface area contributed by atoms with Gasteiger partial charge in [0.1, 0.15) is 5.82 Å². The molecule has 0 bridgehead atoms. The van der Waals surface area contributed by atoms with Gasteiger partial charge in [0.05, 0.1) is 11.3 Å². The van der Waals surface area contributed by atoms with Crippen LogP contribution in [0.15, 0.2) is 47.1 Å². The number of nitrogens with one attached hydrogen (secondary N) is 2. The number of pyridine rings is 1. The second kappa shape index (κ2) is 8.20. The van der Waals surface area contributed by atoms with Gasteiger partial charge in [0.2, 0.25) is 0 Å². The van der Waals surface area contributed by atoms with Crippen molar-refractivity contribution < 1.29 is 4.52 Å². The Hall–Kier alpha value is -2.89. The first-order valence-electron chi connectivity index (χ1n) is 9.63. The Kier molecular flexibility index (Phi) is 5.32. The molecule has 0 spiro atoms. The van der Waals surface area contributed by atoms with Crippen LogP contribution in [-0.2, 0) is 6.54 Å². The zero-order valence-corrected chi connectivity index (χ0v) is 15.6. The highest BCUT2D eigenvalue weighted by molar-refractivity contribution is 5.71. The van der Waals surface area contributed by atoms with Gasteiger partial charge in [-0.25, -0.2) is 4.98 Å². The summed E-state index contributed by atoms with van der Waals surface area (Å²) in [5, 5.41) is 11.0. The molecule has 0 atom stereocenters. The maximum absolute atomic E-state index is 5.31. The Balaban J connectivity index is 1.58. The van der Waals surface area contributed by atoms with E-state index in [2.05, 4.69) is 37.9 Å². The van der Waals surface area contributed by atoms with Crippen molar-refractivity contribution in [1.82, 2.24) is 15.1 Å². The van der Waals surface area contributed by atoms with Gasteiger partial charge in [-0.1, -0.05) is 54.8 Å². The van der Waals surface area contributed by atoms with Crippen LogP contribution in [0.1, 0.15) is 43.5 Å². The lowest BCUT2D eigenvalue weighted by atomic mass is 9.95. The summed E-state index contributed by atoms with van der Waals surface area (Å²) >= 11 is 0. The second-order valence-electron chi connectivity index (χ2n) is 7.09. The number of rotatable bonds is 6. The lowest BCUT2D eigenvalue weighted by Gasteiger charge is -2.24. The average Bonchev–Trinajstić information content (AvgIpc) is 3.15. The summed E-state index contributed by atoms with van der Waals surface area (Å²) in [6, 6.07) is 12.9. The van der Waals surface area contributed by atoms with E-state index in [9.17, 15) is 0 Å². The second-order valence-corrected chi connectivity index (χ2v) is 7.09. The van der Waals surface area contributed by atoms with Gasteiger partial charge >= 0.3 is 0 Å². The molecule has 3 aromatic rings. The maximum Gasteiger partial charge on any atom is 0.259 e. The number of aryl methyl sites for hydroxylation is 1. The molecule has 0 saturated heterocycles. The van der Waals surface area contributed by atoms with Crippen LogP contribution in [0.25, 0.3) is 11.5 Å². The highest BCUT2D eigenvalue weighted by atomic mass is 16.5. The molecule has 1 saturated carbocycles. The minimum absolute atomic E-state index is 0.486. The smallest absolute Gasteiger partial charge is 0.259 e. The van der Waals surface area contributed by atoms with E-state index in [1.165, 1.54) is 37.7 Å². The first-order chi connectivity index (χ1) is 13.3. The third-order valence-electron chi connectivity index (χ3n) is 4.93. The van der Waals surface area contributed by atoms with E-state index in [4.69, 9.17) is 4.52 Å². The summed E-state index contributed by atoms with van der Waals surface area (Å²) in [6.07, 6.45) is 8.09. The Morgan fingerprint density at radius 3 is 2.67 bits per heavy atom. The molecule has 0 aliphatic heterocycles. The predicted octanol–water partition coefficient (Wildman–Crippen LogP) is 4.80. The first-order valence-corrected chi connectivity index (χ1v) is 9.63. The summed E-state index contributed by atoms with van der Waals surface area (Å²) in [5.41, 5.74) is 3.00. The van der Waals surface area contributed by atoms with Gasteiger partial charge in [-0.15, -0.1) is 0 Å². The molecule has 6 heteroatoms. The lowest BCUT2D eigenvalue weighted by Crippen LogP contribution is -2.23. The lowest BCUT2D eigenvalue weighted by molar-refractivity contribution is 0.425. The molecule has 1 fully saturated rings. The van der Waals surface area contributed by atoms with Gasteiger partial charge in [0.15, 0.2) is 5.82 Å². The molecule has 1 aliphatic carbocycles. The van der Waals surface area contributed by atoms with Crippen LogP contribution in [0.5, 0.6) is 0 Å². The largest absolute Gasteiger partial charge is 0.378 e. The van der Waals surface area contributed by atoms with Crippen molar-refractivity contribution in [1.29, 1.82) is 0 Å². The summed E-state index contributed by atoms with van der Waals surface area (Å²) < 4.78 is 5.31. The van der Waals surface area contributed by atoms with Crippen LogP contribution in [0.3, 0.4) is 0 Å². The Morgan fingerprint density at radius 1 is 1.11 bits per heavy atom. The fourth-order valence-corrected chi connectivity index (χ4v) is 3.48. The summed E-state index contributed by atoms with van der Waals surface area (Å²) in [7, 11) is 0. The Bertz CT molecular complexity index is 871. The van der Waals surface area contributed by atoms with Crippen LogP contribution in [0.2, 0.25) is 0 Å². The minimum atomic E-state index is 0.486. The first kappa shape index (κ1) is 17.5. The fourth-order valence-electron chi connectivity index (χ4n) is 3.48. The molecule has 2 heterocycles. The van der Waals surface area contributed by atoms with E-state index in [-0.39, 0.29) is 0 Å². The predicted molar refractivity (Wildman–Crippen MR) is 107 cm³/mol. The SMILES string of the molecule is Cc1noc(-c2cnc(NC3CCCCC3)c(NCc3ccccc3)c2)n1. The van der Waals surface area contributed by atoms with Crippen LogP contribution in [-0.4, -0.2) is 21.2 Å². The summed E-state index contributed by atoms with van der Waals surface area (Å²) in [4.78, 5) is 8.99. The minimum Gasteiger partial charge on any atom is -0.378 e. The molecular weight excluding hydrogens is 338 g/mol. The van der Waals surface area contributed by atoms with Gasteiger partial charge in [0, 0.05) is 18.8 Å². The Morgan fingerprint density at radius 2 is 1.93 bits per heavy atom. The van der Waals surface area contributed by atoms with E-state index >= 15 is 0 Å².